The first kappa shape index (κ1) is 11.4. The van der Waals surface area contributed by atoms with Gasteiger partial charge in [-0.25, -0.2) is 0 Å². The number of nitro groups is 1. The molecule has 0 aliphatic heterocycles. The Balaban J connectivity index is 3.35. The summed E-state index contributed by atoms with van der Waals surface area (Å²) in [6, 6.07) is 5.27. The number of hydrogen-bond acceptors (Lipinski definition) is 2. The SMILES string of the molecule is C=Cc1ccc(C(C)(C)C)cc1[N+](=O)[O-]. The van der Waals surface area contributed by atoms with Gasteiger partial charge in [0, 0.05) is 6.07 Å². The van der Waals surface area contributed by atoms with Crippen molar-refractivity contribution in [1.82, 2.24) is 0 Å². The summed E-state index contributed by atoms with van der Waals surface area (Å²) in [4.78, 5) is 10.4. The van der Waals surface area contributed by atoms with Crippen LogP contribution in [0.1, 0.15) is 31.9 Å². The molecule has 0 aromatic heterocycles. The van der Waals surface area contributed by atoms with Crippen LogP contribution in [0, 0.1) is 10.1 Å². The van der Waals surface area contributed by atoms with Crippen LogP contribution in [0.25, 0.3) is 6.08 Å². The molecular weight excluding hydrogens is 190 g/mol. The van der Waals surface area contributed by atoms with Gasteiger partial charge in [0.15, 0.2) is 0 Å². The average Bonchev–Trinajstić information content (AvgIpc) is 2.15. The highest BCUT2D eigenvalue weighted by Crippen LogP contribution is 2.28. The van der Waals surface area contributed by atoms with Crippen molar-refractivity contribution in [3.63, 3.8) is 0 Å². The third-order valence-corrected chi connectivity index (χ3v) is 2.31. The van der Waals surface area contributed by atoms with E-state index in [4.69, 9.17) is 0 Å². The van der Waals surface area contributed by atoms with E-state index < -0.39 is 0 Å². The van der Waals surface area contributed by atoms with Crippen molar-refractivity contribution >= 4 is 11.8 Å². The highest BCUT2D eigenvalue weighted by molar-refractivity contribution is 5.60. The van der Waals surface area contributed by atoms with Crippen molar-refractivity contribution in [1.29, 1.82) is 0 Å². The van der Waals surface area contributed by atoms with E-state index in [1.165, 1.54) is 6.08 Å². The van der Waals surface area contributed by atoms with Crippen LogP contribution in [0.15, 0.2) is 24.8 Å². The van der Waals surface area contributed by atoms with E-state index in [-0.39, 0.29) is 16.0 Å². The van der Waals surface area contributed by atoms with E-state index in [1.54, 1.807) is 12.1 Å². The molecule has 0 radical (unpaired) electrons. The highest BCUT2D eigenvalue weighted by Gasteiger charge is 2.19. The Hall–Kier alpha value is -1.64. The van der Waals surface area contributed by atoms with Gasteiger partial charge in [0.25, 0.3) is 5.69 Å². The fourth-order valence-electron chi connectivity index (χ4n) is 1.34. The van der Waals surface area contributed by atoms with Crippen molar-refractivity contribution in [3.8, 4) is 0 Å². The molecule has 0 unspecified atom stereocenters. The molecule has 0 bridgehead atoms. The summed E-state index contributed by atoms with van der Waals surface area (Å²) in [5.41, 5.74) is 1.56. The summed E-state index contributed by atoms with van der Waals surface area (Å²) in [5, 5.41) is 10.8. The van der Waals surface area contributed by atoms with Crippen LogP contribution in [0.2, 0.25) is 0 Å². The normalized spacial score (nSPS) is 11.1. The molecule has 0 amide bonds. The fourth-order valence-corrected chi connectivity index (χ4v) is 1.34. The minimum Gasteiger partial charge on any atom is -0.258 e. The van der Waals surface area contributed by atoms with Crippen molar-refractivity contribution in [3.05, 3.63) is 46.0 Å². The van der Waals surface area contributed by atoms with Gasteiger partial charge in [-0.1, -0.05) is 39.5 Å². The van der Waals surface area contributed by atoms with E-state index in [9.17, 15) is 10.1 Å². The van der Waals surface area contributed by atoms with Crippen LogP contribution in [0.5, 0.6) is 0 Å². The molecular formula is C12H15NO2. The van der Waals surface area contributed by atoms with E-state index in [1.807, 2.05) is 26.8 Å². The van der Waals surface area contributed by atoms with Gasteiger partial charge < -0.3 is 0 Å². The number of nitrogens with zero attached hydrogens (tertiary/aromatic N) is 1. The minimum atomic E-state index is -0.369. The highest BCUT2D eigenvalue weighted by atomic mass is 16.6. The van der Waals surface area contributed by atoms with Gasteiger partial charge in [0.2, 0.25) is 0 Å². The lowest BCUT2D eigenvalue weighted by Gasteiger charge is -2.18. The molecule has 0 aliphatic rings. The molecule has 0 aliphatic carbocycles. The lowest BCUT2D eigenvalue weighted by molar-refractivity contribution is -0.385. The predicted molar refractivity (Wildman–Crippen MR) is 61.9 cm³/mol. The van der Waals surface area contributed by atoms with Crippen LogP contribution in [-0.2, 0) is 5.41 Å². The van der Waals surface area contributed by atoms with Gasteiger partial charge in [0.1, 0.15) is 0 Å². The van der Waals surface area contributed by atoms with E-state index in [2.05, 4.69) is 6.58 Å². The molecule has 0 saturated carbocycles. The Labute approximate surface area is 89.6 Å². The summed E-state index contributed by atoms with van der Waals surface area (Å²) in [6.45, 7) is 9.64. The lowest BCUT2D eigenvalue weighted by Crippen LogP contribution is -2.11. The Morgan fingerprint density at radius 3 is 2.40 bits per heavy atom. The molecule has 0 fully saturated rings. The maximum Gasteiger partial charge on any atom is 0.276 e. The molecule has 0 heterocycles. The molecule has 80 valence electrons. The van der Waals surface area contributed by atoms with Gasteiger partial charge in [-0.15, -0.1) is 0 Å². The van der Waals surface area contributed by atoms with Crippen LogP contribution in [0.3, 0.4) is 0 Å². The number of nitro benzene ring substituents is 1. The summed E-state index contributed by atoms with van der Waals surface area (Å²) in [5.74, 6) is 0. The standard InChI is InChI=1S/C12H15NO2/c1-5-9-6-7-10(12(2,3)4)8-11(9)13(14)15/h5-8H,1H2,2-4H3. The second-order valence-electron chi connectivity index (χ2n) is 4.48. The lowest BCUT2D eigenvalue weighted by atomic mass is 9.86. The molecule has 0 spiro atoms. The minimum absolute atomic E-state index is 0.0789. The first-order valence-corrected chi connectivity index (χ1v) is 4.77. The molecule has 0 saturated heterocycles. The molecule has 0 N–H and O–H groups in total. The van der Waals surface area contributed by atoms with Gasteiger partial charge in [0.05, 0.1) is 10.5 Å². The second-order valence-corrected chi connectivity index (χ2v) is 4.48. The largest absolute Gasteiger partial charge is 0.276 e. The zero-order valence-corrected chi connectivity index (χ0v) is 9.28. The topological polar surface area (TPSA) is 43.1 Å². The quantitative estimate of drug-likeness (QED) is 0.547. The van der Waals surface area contributed by atoms with Gasteiger partial charge >= 0.3 is 0 Å². The third kappa shape index (κ3) is 2.43. The van der Waals surface area contributed by atoms with Crippen LogP contribution >= 0.6 is 0 Å². The van der Waals surface area contributed by atoms with E-state index in [0.717, 1.165) is 5.56 Å². The molecule has 0 atom stereocenters. The molecule has 15 heavy (non-hydrogen) atoms. The fraction of sp³-hybridized carbons (Fsp3) is 0.333. The summed E-state index contributed by atoms with van der Waals surface area (Å²) in [6.07, 6.45) is 1.50. The van der Waals surface area contributed by atoms with Gasteiger partial charge in [-0.3, -0.25) is 10.1 Å². The molecule has 3 heteroatoms. The summed E-state index contributed by atoms with van der Waals surface area (Å²) >= 11 is 0. The van der Waals surface area contributed by atoms with E-state index in [0.29, 0.717) is 5.56 Å². The number of hydrogen-bond donors (Lipinski definition) is 0. The monoisotopic (exact) mass is 205 g/mol. The van der Waals surface area contributed by atoms with Crippen molar-refractivity contribution in [2.75, 3.05) is 0 Å². The van der Waals surface area contributed by atoms with Crippen molar-refractivity contribution < 1.29 is 4.92 Å². The average molecular weight is 205 g/mol. The van der Waals surface area contributed by atoms with Crippen LogP contribution in [0.4, 0.5) is 5.69 Å². The zero-order valence-electron chi connectivity index (χ0n) is 9.28. The predicted octanol–water partition coefficient (Wildman–Crippen LogP) is 3.54. The Morgan fingerprint density at radius 1 is 1.40 bits per heavy atom. The van der Waals surface area contributed by atoms with Crippen LogP contribution < -0.4 is 0 Å². The van der Waals surface area contributed by atoms with Crippen LogP contribution in [-0.4, -0.2) is 4.92 Å². The third-order valence-electron chi connectivity index (χ3n) is 2.31. The Bertz CT molecular complexity index is 403. The van der Waals surface area contributed by atoms with Crippen molar-refractivity contribution in [2.24, 2.45) is 0 Å². The number of rotatable bonds is 2. The Kier molecular flexibility index (Phi) is 2.93. The zero-order chi connectivity index (χ0) is 11.6. The van der Waals surface area contributed by atoms with Gasteiger partial charge in [-0.2, -0.15) is 0 Å². The second kappa shape index (κ2) is 3.85. The summed E-state index contributed by atoms with van der Waals surface area (Å²) in [7, 11) is 0. The first-order valence-electron chi connectivity index (χ1n) is 4.77. The first-order chi connectivity index (χ1) is 6.86. The van der Waals surface area contributed by atoms with Crippen molar-refractivity contribution in [2.45, 2.75) is 26.2 Å². The van der Waals surface area contributed by atoms with E-state index >= 15 is 0 Å². The maximum atomic E-state index is 10.8. The molecule has 1 rings (SSSR count). The molecule has 3 nitrogen and oxygen atoms in total. The summed E-state index contributed by atoms with van der Waals surface area (Å²) < 4.78 is 0. The Morgan fingerprint density at radius 2 is 2.00 bits per heavy atom. The smallest absolute Gasteiger partial charge is 0.258 e. The van der Waals surface area contributed by atoms with Gasteiger partial charge in [-0.05, 0) is 17.0 Å². The molecule has 1 aromatic carbocycles. The molecule has 1 aromatic rings. The maximum absolute atomic E-state index is 10.8. The number of benzene rings is 1.